The molecule has 0 spiro atoms. The molecular weight excluding hydrogens is 330 g/mol. The van der Waals surface area contributed by atoms with Crippen LogP contribution in [0.15, 0.2) is 48.5 Å². The number of thiazole rings is 1. The predicted molar refractivity (Wildman–Crippen MR) is 104 cm³/mol. The Hall–Kier alpha value is -2.24. The molecule has 0 aliphatic heterocycles. The second kappa shape index (κ2) is 8.23. The number of hydrogen-bond donors (Lipinski definition) is 1. The Morgan fingerprint density at radius 2 is 1.92 bits per heavy atom. The van der Waals surface area contributed by atoms with Crippen molar-refractivity contribution in [2.24, 2.45) is 0 Å². The van der Waals surface area contributed by atoms with Crippen LogP contribution < -0.4 is 5.32 Å². The Morgan fingerprint density at radius 1 is 1.16 bits per heavy atom. The van der Waals surface area contributed by atoms with Crippen LogP contribution in [0.25, 0.3) is 10.2 Å². The maximum atomic E-state index is 12.1. The predicted octanol–water partition coefficient (Wildman–Crippen LogP) is 3.40. The average Bonchev–Trinajstić information content (AvgIpc) is 2.98. The molecular formula is C20H23N3OS. The number of hydrogen-bond acceptors (Lipinski definition) is 4. The molecule has 0 radical (unpaired) electrons. The topological polar surface area (TPSA) is 45.2 Å². The first kappa shape index (κ1) is 17.6. The summed E-state index contributed by atoms with van der Waals surface area (Å²) in [5.74, 6) is 0.0530. The van der Waals surface area contributed by atoms with Gasteiger partial charge in [-0.05, 0) is 43.7 Å². The largest absolute Gasteiger partial charge is 0.355 e. The van der Waals surface area contributed by atoms with Crippen molar-refractivity contribution in [1.29, 1.82) is 0 Å². The first-order valence-corrected chi connectivity index (χ1v) is 9.27. The van der Waals surface area contributed by atoms with Gasteiger partial charge in [-0.25, -0.2) is 4.98 Å². The van der Waals surface area contributed by atoms with Crippen molar-refractivity contribution in [2.45, 2.75) is 19.9 Å². The van der Waals surface area contributed by atoms with Gasteiger partial charge in [-0.1, -0.05) is 36.4 Å². The summed E-state index contributed by atoms with van der Waals surface area (Å²) in [6.45, 7) is 3.83. The second-order valence-electron chi connectivity index (χ2n) is 6.27. The van der Waals surface area contributed by atoms with Crippen LogP contribution in [0.5, 0.6) is 0 Å². The minimum Gasteiger partial charge on any atom is -0.355 e. The number of benzene rings is 2. The Morgan fingerprint density at radius 3 is 2.72 bits per heavy atom. The molecule has 1 N–H and O–H groups in total. The molecule has 0 unspecified atom stereocenters. The third-order valence-electron chi connectivity index (χ3n) is 4.13. The summed E-state index contributed by atoms with van der Waals surface area (Å²) in [5, 5.41) is 4.04. The van der Waals surface area contributed by atoms with E-state index in [1.165, 1.54) is 15.8 Å². The lowest BCUT2D eigenvalue weighted by Gasteiger charge is -2.15. The zero-order valence-corrected chi connectivity index (χ0v) is 15.5. The van der Waals surface area contributed by atoms with Crippen LogP contribution in [0.4, 0.5) is 0 Å². The summed E-state index contributed by atoms with van der Waals surface area (Å²) < 4.78 is 1.19. The maximum Gasteiger partial charge on any atom is 0.234 e. The van der Waals surface area contributed by atoms with Crippen LogP contribution in [0, 0.1) is 6.92 Å². The monoisotopic (exact) mass is 353 g/mol. The second-order valence-corrected chi connectivity index (χ2v) is 7.39. The molecule has 1 amide bonds. The molecule has 0 aliphatic carbocycles. The fourth-order valence-electron chi connectivity index (χ4n) is 2.80. The van der Waals surface area contributed by atoms with Gasteiger partial charge in [0.2, 0.25) is 5.91 Å². The lowest BCUT2D eigenvalue weighted by Crippen LogP contribution is -2.35. The van der Waals surface area contributed by atoms with Gasteiger partial charge in [0.15, 0.2) is 0 Å². The number of amides is 1. The highest BCUT2D eigenvalue weighted by molar-refractivity contribution is 7.18. The molecule has 0 aliphatic rings. The average molecular weight is 353 g/mol. The van der Waals surface area contributed by atoms with Gasteiger partial charge in [0.1, 0.15) is 5.01 Å². The Labute approximate surface area is 152 Å². The van der Waals surface area contributed by atoms with E-state index in [0.29, 0.717) is 19.6 Å². The van der Waals surface area contributed by atoms with Gasteiger partial charge < -0.3 is 5.32 Å². The molecule has 1 aromatic heterocycles. The molecule has 4 nitrogen and oxygen atoms in total. The maximum absolute atomic E-state index is 12.1. The summed E-state index contributed by atoms with van der Waals surface area (Å²) in [4.78, 5) is 18.7. The SMILES string of the molecule is Cc1ccccc1CCNC(=O)CN(C)Cc1nc2ccccc2s1. The number of carbonyl (C=O) groups is 1. The summed E-state index contributed by atoms with van der Waals surface area (Å²) in [6, 6.07) is 16.4. The standard InChI is InChI=1S/C20H23N3OS/c1-15-7-3-4-8-16(15)11-12-21-19(24)13-23(2)14-20-22-17-9-5-6-10-18(17)25-20/h3-10H,11-14H2,1-2H3,(H,21,24). The number of carbonyl (C=O) groups excluding carboxylic acids is 1. The molecule has 0 atom stereocenters. The fourth-order valence-corrected chi connectivity index (χ4v) is 3.85. The molecule has 3 rings (SSSR count). The first-order chi connectivity index (χ1) is 12.1. The number of likely N-dealkylation sites (N-methyl/N-ethyl adjacent to an activating group) is 1. The molecule has 1 heterocycles. The fraction of sp³-hybridized carbons (Fsp3) is 0.300. The van der Waals surface area contributed by atoms with Gasteiger partial charge in [0.05, 0.1) is 23.3 Å². The summed E-state index contributed by atoms with van der Waals surface area (Å²) in [7, 11) is 1.95. The molecule has 0 bridgehead atoms. The lowest BCUT2D eigenvalue weighted by molar-refractivity contribution is -0.122. The third kappa shape index (κ3) is 4.87. The molecule has 2 aromatic carbocycles. The molecule has 5 heteroatoms. The van der Waals surface area contributed by atoms with Gasteiger partial charge in [-0.3, -0.25) is 9.69 Å². The summed E-state index contributed by atoms with van der Waals surface area (Å²) >= 11 is 1.68. The number of aromatic nitrogens is 1. The molecule has 3 aromatic rings. The summed E-state index contributed by atoms with van der Waals surface area (Å²) in [5.41, 5.74) is 3.58. The van der Waals surface area contributed by atoms with Crippen molar-refractivity contribution in [3.63, 3.8) is 0 Å². The zero-order valence-electron chi connectivity index (χ0n) is 14.7. The van der Waals surface area contributed by atoms with E-state index in [0.717, 1.165) is 16.9 Å². The van der Waals surface area contributed by atoms with E-state index in [2.05, 4.69) is 35.4 Å². The number of fused-ring (bicyclic) bond motifs is 1. The van der Waals surface area contributed by atoms with Crippen molar-refractivity contribution in [2.75, 3.05) is 20.1 Å². The van der Waals surface area contributed by atoms with Crippen molar-refractivity contribution in [3.8, 4) is 0 Å². The number of nitrogens with one attached hydrogen (secondary N) is 1. The van der Waals surface area contributed by atoms with Crippen LogP contribution in [0.1, 0.15) is 16.1 Å². The van der Waals surface area contributed by atoms with Gasteiger partial charge in [-0.15, -0.1) is 11.3 Å². The smallest absolute Gasteiger partial charge is 0.234 e. The highest BCUT2D eigenvalue weighted by Gasteiger charge is 2.10. The number of aryl methyl sites for hydroxylation is 1. The van der Waals surface area contributed by atoms with E-state index in [1.54, 1.807) is 11.3 Å². The number of para-hydroxylation sites is 1. The quantitative estimate of drug-likeness (QED) is 0.708. The third-order valence-corrected chi connectivity index (χ3v) is 5.16. The van der Waals surface area contributed by atoms with Crippen molar-refractivity contribution in [3.05, 3.63) is 64.7 Å². The summed E-state index contributed by atoms with van der Waals surface area (Å²) in [6.07, 6.45) is 0.861. The van der Waals surface area contributed by atoms with E-state index in [4.69, 9.17) is 0 Å². The Kier molecular flexibility index (Phi) is 5.79. The van der Waals surface area contributed by atoms with Gasteiger partial charge in [-0.2, -0.15) is 0 Å². The first-order valence-electron chi connectivity index (χ1n) is 8.46. The number of rotatable bonds is 7. The van der Waals surface area contributed by atoms with Crippen molar-refractivity contribution < 1.29 is 4.79 Å². The highest BCUT2D eigenvalue weighted by atomic mass is 32.1. The van der Waals surface area contributed by atoms with E-state index < -0.39 is 0 Å². The van der Waals surface area contributed by atoms with Crippen LogP contribution in [0.3, 0.4) is 0 Å². The van der Waals surface area contributed by atoms with E-state index in [-0.39, 0.29) is 5.91 Å². The van der Waals surface area contributed by atoms with E-state index in [9.17, 15) is 4.79 Å². The normalized spacial score (nSPS) is 11.2. The number of nitrogens with zero attached hydrogens (tertiary/aromatic N) is 2. The molecule has 130 valence electrons. The minimum atomic E-state index is 0.0530. The molecule has 0 saturated heterocycles. The molecule has 25 heavy (non-hydrogen) atoms. The van der Waals surface area contributed by atoms with E-state index in [1.807, 2.05) is 42.3 Å². The van der Waals surface area contributed by atoms with Crippen LogP contribution in [-0.4, -0.2) is 35.9 Å². The highest BCUT2D eigenvalue weighted by Crippen LogP contribution is 2.22. The van der Waals surface area contributed by atoms with Crippen molar-refractivity contribution in [1.82, 2.24) is 15.2 Å². The molecule has 0 saturated carbocycles. The Bertz CT molecular complexity index is 826. The van der Waals surface area contributed by atoms with Gasteiger partial charge >= 0.3 is 0 Å². The molecule has 0 fully saturated rings. The van der Waals surface area contributed by atoms with Crippen molar-refractivity contribution >= 4 is 27.5 Å². The zero-order chi connectivity index (χ0) is 17.6. The minimum absolute atomic E-state index is 0.0530. The Balaban J connectivity index is 1.45. The van der Waals surface area contributed by atoms with Crippen LogP contribution in [-0.2, 0) is 17.8 Å². The van der Waals surface area contributed by atoms with Crippen LogP contribution in [0.2, 0.25) is 0 Å². The lowest BCUT2D eigenvalue weighted by atomic mass is 10.1. The van der Waals surface area contributed by atoms with Crippen LogP contribution >= 0.6 is 11.3 Å². The van der Waals surface area contributed by atoms with Gasteiger partial charge in [0.25, 0.3) is 0 Å². The van der Waals surface area contributed by atoms with Gasteiger partial charge in [0, 0.05) is 6.54 Å². The van der Waals surface area contributed by atoms with E-state index >= 15 is 0 Å².